The van der Waals surface area contributed by atoms with E-state index >= 15 is 0 Å². The molecule has 0 radical (unpaired) electrons. The number of aryl methyl sites for hydroxylation is 1. The van der Waals surface area contributed by atoms with Gasteiger partial charge in [-0.15, -0.1) is 0 Å². The summed E-state index contributed by atoms with van der Waals surface area (Å²) in [6, 6.07) is 4.93. The maximum atomic E-state index is 12.9. The largest absolute Gasteiger partial charge is 0.497 e. The monoisotopic (exact) mass is 427 g/mol. The van der Waals surface area contributed by atoms with E-state index in [4.69, 9.17) is 9.47 Å². The Morgan fingerprint density at radius 3 is 2.36 bits per heavy atom. The van der Waals surface area contributed by atoms with E-state index in [0.717, 1.165) is 0 Å². The third-order valence-corrected chi connectivity index (χ3v) is 8.00. The van der Waals surface area contributed by atoms with Crippen LogP contribution in [-0.2, 0) is 10.0 Å². The highest BCUT2D eigenvalue weighted by molar-refractivity contribution is 7.91. The highest BCUT2D eigenvalue weighted by Crippen LogP contribution is 2.27. The van der Waals surface area contributed by atoms with Gasteiger partial charge in [0.25, 0.3) is 15.9 Å². The van der Waals surface area contributed by atoms with Gasteiger partial charge in [-0.05, 0) is 19.1 Å². The summed E-state index contributed by atoms with van der Waals surface area (Å²) in [5, 5.41) is 0. The average molecular weight is 428 g/mol. The molecule has 1 aromatic carbocycles. The third kappa shape index (κ3) is 3.77. The van der Waals surface area contributed by atoms with Crippen LogP contribution in [0.25, 0.3) is 0 Å². The van der Waals surface area contributed by atoms with Crippen molar-refractivity contribution in [3.8, 4) is 11.5 Å². The normalized spacial score (nSPS) is 15.5. The van der Waals surface area contributed by atoms with Crippen LogP contribution in [0, 0.1) is 6.92 Å². The molecule has 0 saturated carbocycles. The Bertz CT molecular complexity index is 1040. The van der Waals surface area contributed by atoms with Crippen LogP contribution in [0.5, 0.6) is 11.5 Å². The van der Waals surface area contributed by atoms with Crippen molar-refractivity contribution in [2.24, 2.45) is 0 Å². The Morgan fingerprint density at radius 2 is 1.82 bits per heavy atom. The zero-order chi connectivity index (χ0) is 20.5. The second-order valence-electron chi connectivity index (χ2n) is 6.19. The van der Waals surface area contributed by atoms with Crippen LogP contribution in [0.2, 0.25) is 0 Å². The van der Waals surface area contributed by atoms with Crippen molar-refractivity contribution >= 4 is 27.3 Å². The van der Waals surface area contributed by atoms with E-state index in [1.807, 2.05) is 0 Å². The van der Waals surface area contributed by atoms with Crippen LogP contribution in [0.4, 0.5) is 0 Å². The predicted octanol–water partition coefficient (Wildman–Crippen LogP) is 0.909. The Morgan fingerprint density at radius 1 is 1.14 bits per heavy atom. The van der Waals surface area contributed by atoms with Gasteiger partial charge in [0.05, 0.1) is 19.8 Å². The van der Waals surface area contributed by atoms with E-state index < -0.39 is 14.9 Å². The molecule has 1 saturated heterocycles. The molecule has 11 heteroatoms. The van der Waals surface area contributed by atoms with Gasteiger partial charge in [-0.3, -0.25) is 9.59 Å². The fourth-order valence-electron chi connectivity index (χ4n) is 3.03. The molecule has 1 aliphatic heterocycles. The van der Waals surface area contributed by atoms with Crippen LogP contribution in [0.1, 0.15) is 16.1 Å². The van der Waals surface area contributed by atoms with Crippen LogP contribution < -0.4 is 14.3 Å². The molecule has 3 rings (SSSR count). The van der Waals surface area contributed by atoms with Crippen LogP contribution in [0.15, 0.2) is 27.2 Å². The number of ether oxygens (including phenoxy) is 2. The molecule has 0 aliphatic carbocycles. The number of rotatable bonds is 5. The van der Waals surface area contributed by atoms with Gasteiger partial charge in [0.15, 0.2) is 4.21 Å². The molecule has 1 N–H and O–H groups in total. The van der Waals surface area contributed by atoms with Crippen molar-refractivity contribution in [1.29, 1.82) is 0 Å². The quantitative estimate of drug-likeness (QED) is 0.760. The first-order valence-electron chi connectivity index (χ1n) is 8.49. The maximum absolute atomic E-state index is 12.9. The van der Waals surface area contributed by atoms with Gasteiger partial charge in [-0.1, -0.05) is 11.3 Å². The lowest BCUT2D eigenvalue weighted by molar-refractivity contribution is 0.0694. The van der Waals surface area contributed by atoms with E-state index in [1.165, 1.54) is 18.5 Å². The van der Waals surface area contributed by atoms with Gasteiger partial charge in [0, 0.05) is 37.9 Å². The molecule has 2 heterocycles. The van der Waals surface area contributed by atoms with E-state index in [9.17, 15) is 18.0 Å². The topological polar surface area (TPSA) is 109 Å². The van der Waals surface area contributed by atoms with E-state index in [1.54, 1.807) is 30.0 Å². The highest BCUT2D eigenvalue weighted by atomic mass is 32.2. The van der Waals surface area contributed by atoms with Gasteiger partial charge in [0.1, 0.15) is 11.5 Å². The number of benzene rings is 1. The molecule has 0 spiro atoms. The molecule has 0 bridgehead atoms. The minimum absolute atomic E-state index is 0.0223. The third-order valence-electron chi connectivity index (χ3n) is 4.52. The summed E-state index contributed by atoms with van der Waals surface area (Å²) in [4.78, 5) is 28.0. The molecule has 1 amide bonds. The molecule has 9 nitrogen and oxygen atoms in total. The lowest BCUT2D eigenvalue weighted by Crippen LogP contribution is -2.50. The Labute approximate surface area is 166 Å². The number of sulfonamides is 1. The van der Waals surface area contributed by atoms with Crippen LogP contribution in [-0.4, -0.2) is 68.9 Å². The number of H-pyrrole nitrogens is 1. The molecule has 0 atom stereocenters. The molecule has 152 valence electrons. The van der Waals surface area contributed by atoms with Crippen molar-refractivity contribution in [3.63, 3.8) is 0 Å². The summed E-state index contributed by atoms with van der Waals surface area (Å²) in [5.41, 5.74) is 0.718. The first-order valence-corrected chi connectivity index (χ1v) is 10.7. The number of aromatic amines is 1. The number of piperazine rings is 1. The van der Waals surface area contributed by atoms with Crippen LogP contribution in [0.3, 0.4) is 0 Å². The van der Waals surface area contributed by atoms with Crippen molar-refractivity contribution in [3.05, 3.63) is 39.1 Å². The summed E-state index contributed by atoms with van der Waals surface area (Å²) >= 11 is 0.678. The number of carbonyl (C=O) groups is 1. The summed E-state index contributed by atoms with van der Waals surface area (Å²) in [5.74, 6) is 0.733. The van der Waals surface area contributed by atoms with E-state index in [-0.39, 0.29) is 36.3 Å². The number of nitrogens with one attached hydrogen (secondary N) is 1. The van der Waals surface area contributed by atoms with E-state index in [0.29, 0.717) is 34.1 Å². The summed E-state index contributed by atoms with van der Waals surface area (Å²) in [7, 11) is -0.767. The standard InChI is InChI=1S/C17H21N3O6S2/c1-11-16(27-17(22)18-11)28(23,24)20-8-6-19(7-9-20)15(21)13-5-4-12(25-2)10-14(13)26-3/h4-5,10H,6-9H2,1-3H3,(H,18,22). The summed E-state index contributed by atoms with van der Waals surface area (Å²) < 4.78 is 37.3. The molecule has 1 aromatic heterocycles. The molecule has 2 aromatic rings. The molecule has 1 fully saturated rings. The predicted molar refractivity (Wildman–Crippen MR) is 104 cm³/mol. The number of hydrogen-bond acceptors (Lipinski definition) is 7. The first kappa shape index (κ1) is 20.4. The average Bonchev–Trinajstić information content (AvgIpc) is 3.05. The SMILES string of the molecule is COc1ccc(C(=O)N2CCN(S(=O)(=O)c3sc(=O)[nH]c3C)CC2)c(OC)c1. The zero-order valence-electron chi connectivity index (χ0n) is 15.7. The van der Waals surface area contributed by atoms with Gasteiger partial charge in [-0.25, -0.2) is 8.42 Å². The maximum Gasteiger partial charge on any atom is 0.305 e. The Hall–Kier alpha value is -2.37. The molecular formula is C17H21N3O6S2. The number of aromatic nitrogens is 1. The fraction of sp³-hybridized carbons (Fsp3) is 0.412. The summed E-state index contributed by atoms with van der Waals surface area (Å²) in [6.07, 6.45) is 0. The smallest absolute Gasteiger partial charge is 0.305 e. The number of hydrogen-bond donors (Lipinski definition) is 1. The minimum atomic E-state index is -3.77. The van der Waals surface area contributed by atoms with Crippen LogP contribution >= 0.6 is 11.3 Å². The number of carbonyl (C=O) groups excluding carboxylic acids is 1. The second kappa shape index (κ2) is 7.94. The van der Waals surface area contributed by atoms with Gasteiger partial charge in [0.2, 0.25) is 0 Å². The zero-order valence-corrected chi connectivity index (χ0v) is 17.4. The van der Waals surface area contributed by atoms with E-state index in [2.05, 4.69) is 4.98 Å². The number of thiazole rings is 1. The van der Waals surface area contributed by atoms with Gasteiger partial charge < -0.3 is 19.4 Å². The lowest BCUT2D eigenvalue weighted by Gasteiger charge is -2.34. The van der Waals surface area contributed by atoms with Gasteiger partial charge in [-0.2, -0.15) is 4.31 Å². The first-order chi connectivity index (χ1) is 13.3. The number of amides is 1. The molecule has 1 aliphatic rings. The lowest BCUT2D eigenvalue weighted by atomic mass is 10.1. The van der Waals surface area contributed by atoms with Crippen molar-refractivity contribution in [2.45, 2.75) is 11.1 Å². The fourth-order valence-corrected chi connectivity index (χ4v) is 5.89. The Kier molecular flexibility index (Phi) is 5.77. The van der Waals surface area contributed by atoms with Crippen molar-refractivity contribution < 1.29 is 22.7 Å². The molecule has 0 unspecified atom stereocenters. The summed E-state index contributed by atoms with van der Waals surface area (Å²) in [6.45, 7) is 2.34. The van der Waals surface area contributed by atoms with Gasteiger partial charge >= 0.3 is 4.87 Å². The van der Waals surface area contributed by atoms with Crippen molar-refractivity contribution in [2.75, 3.05) is 40.4 Å². The molecular weight excluding hydrogens is 406 g/mol. The minimum Gasteiger partial charge on any atom is -0.497 e. The second-order valence-corrected chi connectivity index (χ2v) is 9.31. The Balaban J connectivity index is 1.74. The number of nitrogens with zero attached hydrogens (tertiary/aromatic N) is 2. The molecule has 28 heavy (non-hydrogen) atoms. The highest BCUT2D eigenvalue weighted by Gasteiger charge is 2.33. The number of methoxy groups -OCH3 is 2. The van der Waals surface area contributed by atoms with Crippen molar-refractivity contribution in [1.82, 2.24) is 14.2 Å².